The minimum Gasteiger partial charge on any atom is -0.318 e. The van der Waals surface area contributed by atoms with Crippen LogP contribution in [0.25, 0.3) is 0 Å². The summed E-state index contributed by atoms with van der Waals surface area (Å²) in [7, 11) is -0.169. The molecule has 0 spiro atoms. The summed E-state index contributed by atoms with van der Waals surface area (Å²) in [5.41, 5.74) is 0.993. The lowest BCUT2D eigenvalue weighted by atomic mass is 10.1. The van der Waals surface area contributed by atoms with Crippen molar-refractivity contribution >= 4 is 21.6 Å². The number of aryl methyl sites for hydroxylation is 1. The van der Waals surface area contributed by atoms with Crippen molar-refractivity contribution in [1.29, 1.82) is 0 Å². The van der Waals surface area contributed by atoms with Crippen LogP contribution in [0, 0.1) is 0 Å². The molecule has 0 fully saturated rings. The van der Waals surface area contributed by atoms with Crippen LogP contribution in [0.5, 0.6) is 0 Å². The fraction of sp³-hybridized carbons (Fsp3) is 0.538. The van der Waals surface area contributed by atoms with Gasteiger partial charge in [-0.2, -0.15) is 4.31 Å². The highest BCUT2D eigenvalue weighted by Gasteiger charge is 2.23. The maximum atomic E-state index is 12.4. The van der Waals surface area contributed by atoms with E-state index in [9.17, 15) is 8.42 Å². The normalized spacial score (nSPS) is 12.1. The van der Waals surface area contributed by atoms with Crippen LogP contribution in [-0.2, 0) is 16.4 Å². The number of benzene rings is 1. The van der Waals surface area contributed by atoms with Gasteiger partial charge in [0.05, 0.1) is 5.02 Å². The SMILES string of the molecule is CCCc1ccc(Cl)c(S(=O)(=O)N(C)CCNC)c1. The third-order valence-electron chi connectivity index (χ3n) is 2.90. The highest BCUT2D eigenvalue weighted by Crippen LogP contribution is 2.25. The molecule has 0 aliphatic carbocycles. The molecule has 0 amide bonds. The minimum absolute atomic E-state index is 0.193. The highest BCUT2D eigenvalue weighted by atomic mass is 35.5. The summed E-state index contributed by atoms with van der Waals surface area (Å²) in [6.07, 6.45) is 1.82. The number of nitrogens with one attached hydrogen (secondary N) is 1. The van der Waals surface area contributed by atoms with Gasteiger partial charge in [0.1, 0.15) is 4.90 Å². The Morgan fingerprint density at radius 2 is 2.05 bits per heavy atom. The van der Waals surface area contributed by atoms with E-state index in [1.54, 1.807) is 26.2 Å². The van der Waals surface area contributed by atoms with E-state index in [2.05, 4.69) is 12.2 Å². The fourth-order valence-corrected chi connectivity index (χ4v) is 3.44. The van der Waals surface area contributed by atoms with Gasteiger partial charge in [0.15, 0.2) is 0 Å². The van der Waals surface area contributed by atoms with Crippen LogP contribution in [0.1, 0.15) is 18.9 Å². The van der Waals surface area contributed by atoms with Crippen LogP contribution < -0.4 is 5.32 Å². The van der Waals surface area contributed by atoms with E-state index < -0.39 is 10.0 Å². The van der Waals surface area contributed by atoms with Crippen molar-refractivity contribution in [2.75, 3.05) is 27.2 Å². The maximum absolute atomic E-state index is 12.4. The number of hydrogen-bond acceptors (Lipinski definition) is 3. The quantitative estimate of drug-likeness (QED) is 0.839. The summed E-state index contributed by atoms with van der Waals surface area (Å²) >= 11 is 6.04. The highest BCUT2D eigenvalue weighted by molar-refractivity contribution is 7.89. The number of likely N-dealkylation sites (N-methyl/N-ethyl adjacent to an activating group) is 2. The smallest absolute Gasteiger partial charge is 0.244 e. The molecule has 108 valence electrons. The second-order valence-electron chi connectivity index (χ2n) is 4.44. The number of hydrogen-bond donors (Lipinski definition) is 1. The summed E-state index contributed by atoms with van der Waals surface area (Å²) in [5, 5.41) is 3.20. The summed E-state index contributed by atoms with van der Waals surface area (Å²) < 4.78 is 26.2. The molecule has 0 atom stereocenters. The molecule has 0 heterocycles. The summed E-state index contributed by atoms with van der Waals surface area (Å²) in [6.45, 7) is 3.07. The second kappa shape index (κ2) is 7.24. The zero-order valence-electron chi connectivity index (χ0n) is 11.6. The van der Waals surface area contributed by atoms with Gasteiger partial charge in [-0.25, -0.2) is 8.42 Å². The summed E-state index contributed by atoms with van der Waals surface area (Å²) in [6, 6.07) is 5.21. The molecule has 1 aromatic carbocycles. The third kappa shape index (κ3) is 4.18. The average molecular weight is 305 g/mol. The molecule has 0 radical (unpaired) electrons. The molecule has 4 nitrogen and oxygen atoms in total. The van der Waals surface area contributed by atoms with Crippen molar-refractivity contribution in [3.05, 3.63) is 28.8 Å². The zero-order valence-corrected chi connectivity index (χ0v) is 13.2. The lowest BCUT2D eigenvalue weighted by Gasteiger charge is -2.18. The Hall–Kier alpha value is -0.620. The van der Waals surface area contributed by atoms with Crippen molar-refractivity contribution in [3.63, 3.8) is 0 Å². The van der Waals surface area contributed by atoms with E-state index >= 15 is 0 Å². The summed E-state index contributed by atoms with van der Waals surface area (Å²) in [4.78, 5) is 0.193. The molecule has 0 aromatic heterocycles. The first-order chi connectivity index (χ1) is 8.93. The third-order valence-corrected chi connectivity index (χ3v) is 5.24. The first-order valence-electron chi connectivity index (χ1n) is 6.32. The van der Waals surface area contributed by atoms with Crippen LogP contribution in [0.15, 0.2) is 23.1 Å². The van der Waals surface area contributed by atoms with Gasteiger partial charge in [0, 0.05) is 20.1 Å². The van der Waals surface area contributed by atoms with E-state index in [-0.39, 0.29) is 9.92 Å². The van der Waals surface area contributed by atoms with Gasteiger partial charge in [-0.1, -0.05) is 31.0 Å². The standard InChI is InChI=1S/C13H21ClN2O2S/c1-4-5-11-6-7-12(14)13(10-11)19(17,18)16(3)9-8-15-2/h6-7,10,15H,4-5,8-9H2,1-3H3. The molecule has 1 aromatic rings. The predicted molar refractivity (Wildman–Crippen MR) is 79.2 cm³/mol. The maximum Gasteiger partial charge on any atom is 0.244 e. The Morgan fingerprint density at radius 1 is 1.37 bits per heavy atom. The number of halogens is 1. The van der Waals surface area contributed by atoms with Crippen molar-refractivity contribution < 1.29 is 8.42 Å². The van der Waals surface area contributed by atoms with Gasteiger partial charge in [0.2, 0.25) is 10.0 Å². The number of sulfonamides is 1. The molecule has 0 saturated carbocycles. The van der Waals surface area contributed by atoms with E-state index in [1.807, 2.05) is 6.07 Å². The molecule has 1 N–H and O–H groups in total. The molecule has 0 bridgehead atoms. The molecule has 0 aliphatic heterocycles. The largest absolute Gasteiger partial charge is 0.318 e. The van der Waals surface area contributed by atoms with Gasteiger partial charge >= 0.3 is 0 Å². The monoisotopic (exact) mass is 304 g/mol. The average Bonchev–Trinajstić information content (AvgIpc) is 2.38. The van der Waals surface area contributed by atoms with Crippen LogP contribution >= 0.6 is 11.6 Å². The molecule has 1 rings (SSSR count). The Labute approximate surface area is 120 Å². The lowest BCUT2D eigenvalue weighted by molar-refractivity contribution is 0.466. The molecule has 6 heteroatoms. The van der Waals surface area contributed by atoms with E-state index in [0.717, 1.165) is 18.4 Å². The Kier molecular flexibility index (Phi) is 6.26. The zero-order chi connectivity index (χ0) is 14.5. The second-order valence-corrected chi connectivity index (χ2v) is 6.87. The van der Waals surface area contributed by atoms with Gasteiger partial charge < -0.3 is 5.32 Å². The van der Waals surface area contributed by atoms with E-state index in [1.165, 1.54) is 4.31 Å². The Balaban J connectivity index is 3.09. The van der Waals surface area contributed by atoms with Crippen LogP contribution in [-0.4, -0.2) is 39.9 Å². The lowest BCUT2D eigenvalue weighted by Crippen LogP contribution is -2.33. The molecule has 0 aliphatic rings. The van der Waals surface area contributed by atoms with Gasteiger partial charge in [-0.05, 0) is 31.2 Å². The Bertz CT molecular complexity index is 517. The van der Waals surface area contributed by atoms with E-state index in [0.29, 0.717) is 13.1 Å². The van der Waals surface area contributed by atoms with Crippen molar-refractivity contribution in [2.24, 2.45) is 0 Å². The molecule has 0 saturated heterocycles. The molecule has 0 unspecified atom stereocenters. The Morgan fingerprint density at radius 3 is 2.63 bits per heavy atom. The van der Waals surface area contributed by atoms with Crippen LogP contribution in [0.4, 0.5) is 0 Å². The first kappa shape index (κ1) is 16.4. The van der Waals surface area contributed by atoms with Gasteiger partial charge in [0.25, 0.3) is 0 Å². The molecular weight excluding hydrogens is 284 g/mol. The fourth-order valence-electron chi connectivity index (χ4n) is 1.75. The summed E-state index contributed by atoms with van der Waals surface area (Å²) in [5.74, 6) is 0. The molecular formula is C13H21ClN2O2S. The minimum atomic E-state index is -3.52. The van der Waals surface area contributed by atoms with Gasteiger partial charge in [-0.3, -0.25) is 0 Å². The number of rotatable bonds is 7. The predicted octanol–water partition coefficient (Wildman–Crippen LogP) is 2.13. The van der Waals surface area contributed by atoms with Crippen molar-refractivity contribution in [3.8, 4) is 0 Å². The van der Waals surface area contributed by atoms with Crippen LogP contribution in [0.3, 0.4) is 0 Å². The van der Waals surface area contributed by atoms with E-state index in [4.69, 9.17) is 11.6 Å². The topological polar surface area (TPSA) is 49.4 Å². The first-order valence-corrected chi connectivity index (χ1v) is 8.14. The van der Waals surface area contributed by atoms with Crippen molar-refractivity contribution in [1.82, 2.24) is 9.62 Å². The van der Waals surface area contributed by atoms with Gasteiger partial charge in [-0.15, -0.1) is 0 Å². The van der Waals surface area contributed by atoms with Crippen molar-refractivity contribution in [2.45, 2.75) is 24.7 Å². The molecule has 19 heavy (non-hydrogen) atoms. The number of nitrogens with zero attached hydrogens (tertiary/aromatic N) is 1. The van der Waals surface area contributed by atoms with Crippen LogP contribution in [0.2, 0.25) is 5.02 Å².